The van der Waals surface area contributed by atoms with Gasteiger partial charge in [0.2, 0.25) is 0 Å². The van der Waals surface area contributed by atoms with Gasteiger partial charge in [-0.2, -0.15) is 0 Å². The Morgan fingerprint density at radius 1 is 1.00 bits per heavy atom. The lowest BCUT2D eigenvalue weighted by Crippen LogP contribution is -2.41. The van der Waals surface area contributed by atoms with Gasteiger partial charge >= 0.3 is 7.12 Å². The van der Waals surface area contributed by atoms with Crippen molar-refractivity contribution in [1.29, 1.82) is 0 Å². The predicted molar refractivity (Wildman–Crippen MR) is 103 cm³/mol. The standard InChI is InChI=1S/C20H29BN2O2/c1-19(2)20(3,4)25-21(24-19)16-6-7-18-15(14-16)8-13-23(18)17-9-11-22(5)12-10-17/h6-8,13-14,17H,9-12H2,1-5H3. The lowest BCUT2D eigenvalue weighted by Gasteiger charge is -2.32. The topological polar surface area (TPSA) is 26.6 Å². The molecular weight excluding hydrogens is 311 g/mol. The highest BCUT2D eigenvalue weighted by Gasteiger charge is 2.51. The van der Waals surface area contributed by atoms with Crippen LogP contribution < -0.4 is 5.46 Å². The molecule has 4 nitrogen and oxygen atoms in total. The molecule has 2 aliphatic heterocycles. The second-order valence-electron chi connectivity index (χ2n) is 8.66. The molecule has 0 bridgehead atoms. The minimum Gasteiger partial charge on any atom is -0.399 e. The van der Waals surface area contributed by atoms with Gasteiger partial charge in [-0.15, -0.1) is 0 Å². The molecule has 2 saturated heterocycles. The van der Waals surface area contributed by atoms with E-state index in [0.29, 0.717) is 6.04 Å². The summed E-state index contributed by atoms with van der Waals surface area (Å²) in [6, 6.07) is 9.45. The predicted octanol–water partition coefficient (Wildman–Crippen LogP) is 3.21. The van der Waals surface area contributed by atoms with Crippen LogP contribution in [0.15, 0.2) is 30.5 Å². The van der Waals surface area contributed by atoms with Crippen molar-refractivity contribution < 1.29 is 9.31 Å². The van der Waals surface area contributed by atoms with Crippen LogP contribution in [0.4, 0.5) is 0 Å². The monoisotopic (exact) mass is 340 g/mol. The van der Waals surface area contributed by atoms with Gasteiger partial charge in [-0.25, -0.2) is 0 Å². The van der Waals surface area contributed by atoms with Crippen molar-refractivity contribution in [2.24, 2.45) is 0 Å². The molecule has 25 heavy (non-hydrogen) atoms. The average molecular weight is 340 g/mol. The molecule has 5 heteroatoms. The third-order valence-corrected chi connectivity index (χ3v) is 6.35. The summed E-state index contributed by atoms with van der Waals surface area (Å²) in [5.74, 6) is 0. The Hall–Kier alpha value is -1.30. The van der Waals surface area contributed by atoms with Crippen LogP contribution in [-0.4, -0.2) is 47.9 Å². The fourth-order valence-corrected chi connectivity index (χ4v) is 3.90. The first-order valence-corrected chi connectivity index (χ1v) is 9.41. The second-order valence-corrected chi connectivity index (χ2v) is 8.66. The SMILES string of the molecule is CN1CCC(n2ccc3cc(B4OC(C)(C)C(C)(C)O4)ccc32)CC1. The third-order valence-electron chi connectivity index (χ3n) is 6.35. The molecule has 1 aromatic heterocycles. The van der Waals surface area contributed by atoms with Crippen LogP contribution in [0.5, 0.6) is 0 Å². The first-order chi connectivity index (χ1) is 11.8. The second kappa shape index (κ2) is 5.87. The van der Waals surface area contributed by atoms with E-state index in [1.54, 1.807) is 0 Å². The number of rotatable bonds is 2. The zero-order chi connectivity index (χ0) is 17.8. The summed E-state index contributed by atoms with van der Waals surface area (Å²) < 4.78 is 14.9. The summed E-state index contributed by atoms with van der Waals surface area (Å²) >= 11 is 0. The van der Waals surface area contributed by atoms with E-state index < -0.39 is 0 Å². The molecule has 0 radical (unpaired) electrons. The number of fused-ring (bicyclic) bond motifs is 1. The van der Waals surface area contributed by atoms with Crippen molar-refractivity contribution in [2.75, 3.05) is 20.1 Å². The minimum atomic E-state index is -0.299. The first-order valence-electron chi connectivity index (χ1n) is 9.41. The molecule has 3 heterocycles. The summed E-state index contributed by atoms with van der Waals surface area (Å²) in [5.41, 5.74) is 1.82. The number of nitrogens with zero attached hydrogens (tertiary/aromatic N) is 2. The summed E-state index contributed by atoms with van der Waals surface area (Å²) in [6.45, 7) is 10.8. The largest absolute Gasteiger partial charge is 0.494 e. The van der Waals surface area contributed by atoms with Gasteiger partial charge in [-0.1, -0.05) is 12.1 Å². The van der Waals surface area contributed by atoms with E-state index in [1.807, 2.05) is 0 Å². The molecule has 0 amide bonds. The maximum Gasteiger partial charge on any atom is 0.494 e. The first kappa shape index (κ1) is 17.1. The molecule has 0 N–H and O–H groups in total. The molecule has 4 rings (SSSR count). The highest BCUT2D eigenvalue weighted by molar-refractivity contribution is 6.62. The van der Waals surface area contributed by atoms with Crippen LogP contribution in [0.25, 0.3) is 10.9 Å². The quantitative estimate of drug-likeness (QED) is 0.786. The van der Waals surface area contributed by atoms with Crippen LogP contribution in [0.1, 0.15) is 46.6 Å². The van der Waals surface area contributed by atoms with Crippen molar-refractivity contribution in [1.82, 2.24) is 9.47 Å². The van der Waals surface area contributed by atoms with Crippen molar-refractivity contribution in [2.45, 2.75) is 57.8 Å². The number of aromatic nitrogens is 1. The van der Waals surface area contributed by atoms with Crippen LogP contribution in [0.3, 0.4) is 0 Å². The molecule has 2 aromatic rings. The zero-order valence-electron chi connectivity index (χ0n) is 16.1. The van der Waals surface area contributed by atoms with Gasteiger partial charge in [0, 0.05) is 17.8 Å². The Morgan fingerprint density at radius 3 is 2.28 bits per heavy atom. The van der Waals surface area contributed by atoms with E-state index >= 15 is 0 Å². The maximum absolute atomic E-state index is 6.20. The van der Waals surface area contributed by atoms with E-state index in [2.05, 4.69) is 74.7 Å². The maximum atomic E-state index is 6.20. The lowest BCUT2D eigenvalue weighted by atomic mass is 9.78. The number of likely N-dealkylation sites (tertiary alicyclic amines) is 1. The highest BCUT2D eigenvalue weighted by atomic mass is 16.7. The normalized spacial score (nSPS) is 24.3. The Kier molecular flexibility index (Phi) is 4.02. The Bertz CT molecular complexity index is 759. The summed E-state index contributed by atoms with van der Waals surface area (Å²) in [6.07, 6.45) is 4.69. The number of piperidine rings is 1. The Morgan fingerprint density at radius 2 is 1.64 bits per heavy atom. The lowest BCUT2D eigenvalue weighted by molar-refractivity contribution is 0.00578. The van der Waals surface area contributed by atoms with Crippen LogP contribution in [0.2, 0.25) is 0 Å². The number of benzene rings is 1. The van der Waals surface area contributed by atoms with Crippen molar-refractivity contribution >= 4 is 23.5 Å². The molecule has 0 aliphatic carbocycles. The molecule has 0 saturated carbocycles. The zero-order valence-corrected chi connectivity index (χ0v) is 16.1. The number of hydrogen-bond acceptors (Lipinski definition) is 3. The van der Waals surface area contributed by atoms with E-state index in [4.69, 9.17) is 9.31 Å². The fraction of sp³-hybridized carbons (Fsp3) is 0.600. The molecule has 0 unspecified atom stereocenters. The van der Waals surface area contributed by atoms with E-state index in [9.17, 15) is 0 Å². The van der Waals surface area contributed by atoms with E-state index in [-0.39, 0.29) is 18.3 Å². The Labute approximate surface area is 151 Å². The average Bonchev–Trinajstić information content (AvgIpc) is 3.06. The van der Waals surface area contributed by atoms with E-state index in [0.717, 1.165) is 5.46 Å². The van der Waals surface area contributed by atoms with Gasteiger partial charge in [-0.05, 0) is 83.7 Å². The van der Waals surface area contributed by atoms with Crippen LogP contribution in [0, 0.1) is 0 Å². The van der Waals surface area contributed by atoms with Gasteiger partial charge in [0.25, 0.3) is 0 Å². The molecule has 2 fully saturated rings. The van der Waals surface area contributed by atoms with Crippen molar-refractivity contribution in [3.8, 4) is 0 Å². The molecule has 1 aromatic carbocycles. The van der Waals surface area contributed by atoms with Crippen molar-refractivity contribution in [3.05, 3.63) is 30.5 Å². The van der Waals surface area contributed by atoms with Gasteiger partial charge in [0.05, 0.1) is 11.2 Å². The smallest absolute Gasteiger partial charge is 0.399 e. The van der Waals surface area contributed by atoms with Gasteiger partial charge in [0.1, 0.15) is 0 Å². The fourth-order valence-electron chi connectivity index (χ4n) is 3.90. The summed E-state index contributed by atoms with van der Waals surface area (Å²) in [5, 5.41) is 1.27. The third kappa shape index (κ3) is 2.92. The molecule has 134 valence electrons. The Balaban J connectivity index is 1.60. The van der Waals surface area contributed by atoms with Crippen LogP contribution >= 0.6 is 0 Å². The summed E-state index contributed by atoms with van der Waals surface area (Å²) in [4.78, 5) is 2.42. The van der Waals surface area contributed by atoms with Gasteiger partial charge < -0.3 is 18.8 Å². The molecule has 0 spiro atoms. The highest BCUT2D eigenvalue weighted by Crippen LogP contribution is 2.36. The number of hydrogen-bond donors (Lipinski definition) is 0. The minimum absolute atomic E-state index is 0.291. The molecule has 0 atom stereocenters. The summed E-state index contributed by atoms with van der Waals surface area (Å²) in [7, 11) is 1.92. The molecular formula is C20H29BN2O2. The molecule has 2 aliphatic rings. The van der Waals surface area contributed by atoms with Crippen molar-refractivity contribution in [3.63, 3.8) is 0 Å². The van der Waals surface area contributed by atoms with Gasteiger partial charge in [-0.3, -0.25) is 0 Å². The van der Waals surface area contributed by atoms with Gasteiger partial charge in [0.15, 0.2) is 0 Å². The van der Waals surface area contributed by atoms with Crippen LogP contribution in [-0.2, 0) is 9.31 Å². The van der Waals surface area contributed by atoms with E-state index in [1.165, 1.54) is 36.8 Å².